The molecule has 0 radical (unpaired) electrons. The number of hydrogen-bond donors (Lipinski definition) is 1. The number of carboxylic acids is 1. The van der Waals surface area contributed by atoms with E-state index in [1.54, 1.807) is 31.3 Å². The Hall–Kier alpha value is -3.26. The van der Waals surface area contributed by atoms with E-state index < -0.39 is 5.97 Å². The second-order valence-corrected chi connectivity index (χ2v) is 8.02. The molecule has 0 atom stereocenters. The molecule has 0 aromatic heterocycles. The number of rotatable bonds is 8. The van der Waals surface area contributed by atoms with Crippen molar-refractivity contribution in [2.75, 3.05) is 47.0 Å². The fourth-order valence-corrected chi connectivity index (χ4v) is 3.88. The molecule has 2 aromatic rings. The monoisotopic (exact) mass is 442 g/mol. The maximum Gasteiger partial charge on any atom is 0.260 e. The first-order chi connectivity index (χ1) is 15.3. The van der Waals surface area contributed by atoms with Crippen LogP contribution < -0.4 is 24.2 Å². The van der Waals surface area contributed by atoms with E-state index in [9.17, 15) is 14.7 Å². The molecule has 172 valence electrons. The van der Waals surface area contributed by atoms with Crippen LogP contribution in [0.1, 0.15) is 27.0 Å². The fraction of sp³-hybridized carbons (Fsp3) is 0.417. The number of nitrogens with one attached hydrogen (secondary N) is 1. The molecule has 3 rings (SSSR count). The molecule has 2 aromatic carbocycles. The number of benzene rings is 2. The normalized spacial score (nSPS) is 14.2. The van der Waals surface area contributed by atoms with Gasteiger partial charge in [0, 0.05) is 11.1 Å². The number of aryl methyl sites for hydroxylation is 2. The SMILES string of the molecule is COc1cc(C)c(C[NH+]2CCN(C(=O)COc3cc(C)ccc3C(=O)[O-])CC2)cc1OC. The highest BCUT2D eigenvalue weighted by Crippen LogP contribution is 2.30. The van der Waals surface area contributed by atoms with Crippen molar-refractivity contribution in [2.24, 2.45) is 0 Å². The van der Waals surface area contributed by atoms with Crippen LogP contribution in [0, 0.1) is 13.8 Å². The van der Waals surface area contributed by atoms with Gasteiger partial charge in [-0.1, -0.05) is 6.07 Å². The van der Waals surface area contributed by atoms with Crippen molar-refractivity contribution in [3.63, 3.8) is 0 Å². The second-order valence-electron chi connectivity index (χ2n) is 8.02. The van der Waals surface area contributed by atoms with Crippen LogP contribution in [0.3, 0.4) is 0 Å². The largest absolute Gasteiger partial charge is 0.545 e. The molecule has 0 saturated carbocycles. The highest BCUT2D eigenvalue weighted by Gasteiger charge is 2.25. The minimum absolute atomic E-state index is 0.0528. The number of quaternary nitrogens is 1. The van der Waals surface area contributed by atoms with Crippen LogP contribution in [0.4, 0.5) is 0 Å². The molecule has 1 amide bonds. The average molecular weight is 443 g/mol. The molecule has 0 bridgehead atoms. The molecule has 1 aliphatic heterocycles. The second kappa shape index (κ2) is 10.4. The van der Waals surface area contributed by atoms with Gasteiger partial charge in [0.2, 0.25) is 0 Å². The average Bonchev–Trinajstić information content (AvgIpc) is 2.78. The first-order valence-corrected chi connectivity index (χ1v) is 10.6. The third-order valence-corrected chi connectivity index (χ3v) is 5.81. The van der Waals surface area contributed by atoms with E-state index in [2.05, 4.69) is 6.92 Å². The van der Waals surface area contributed by atoms with Crippen molar-refractivity contribution >= 4 is 11.9 Å². The summed E-state index contributed by atoms with van der Waals surface area (Å²) < 4.78 is 16.3. The number of nitrogens with zero attached hydrogens (tertiary/aromatic N) is 1. The molecule has 8 heteroatoms. The Morgan fingerprint density at radius 3 is 2.28 bits per heavy atom. The summed E-state index contributed by atoms with van der Waals surface area (Å²) in [5, 5.41) is 11.3. The molecular formula is C24H30N2O6. The van der Waals surface area contributed by atoms with Gasteiger partial charge >= 0.3 is 0 Å². The number of carbonyl (C=O) groups is 2. The molecule has 8 nitrogen and oxygen atoms in total. The lowest BCUT2D eigenvalue weighted by atomic mass is 10.1. The van der Waals surface area contributed by atoms with Crippen molar-refractivity contribution in [1.29, 1.82) is 0 Å². The van der Waals surface area contributed by atoms with Crippen LogP contribution in [-0.2, 0) is 11.3 Å². The molecule has 1 fully saturated rings. The Balaban J connectivity index is 1.54. The topological polar surface area (TPSA) is 92.6 Å². The van der Waals surface area contributed by atoms with E-state index in [0.717, 1.165) is 36.5 Å². The molecule has 1 aliphatic rings. The number of carboxylic acid groups (broad SMARTS) is 1. The van der Waals surface area contributed by atoms with Crippen LogP contribution in [0.25, 0.3) is 0 Å². The van der Waals surface area contributed by atoms with Gasteiger partial charge in [0.15, 0.2) is 18.1 Å². The summed E-state index contributed by atoms with van der Waals surface area (Å²) in [6, 6.07) is 8.71. The third-order valence-electron chi connectivity index (χ3n) is 5.81. The van der Waals surface area contributed by atoms with E-state index in [0.29, 0.717) is 18.8 Å². The van der Waals surface area contributed by atoms with Crippen molar-refractivity contribution in [1.82, 2.24) is 4.90 Å². The summed E-state index contributed by atoms with van der Waals surface area (Å²) in [6.45, 7) is 7.38. The first-order valence-electron chi connectivity index (χ1n) is 10.6. The Kier molecular flexibility index (Phi) is 7.58. The van der Waals surface area contributed by atoms with Crippen LogP contribution >= 0.6 is 0 Å². The van der Waals surface area contributed by atoms with Crippen molar-refractivity contribution < 1.29 is 33.8 Å². The van der Waals surface area contributed by atoms with E-state index >= 15 is 0 Å². The molecule has 0 aliphatic carbocycles. The Morgan fingerprint density at radius 2 is 1.66 bits per heavy atom. The third kappa shape index (κ3) is 5.50. The number of methoxy groups -OCH3 is 2. The summed E-state index contributed by atoms with van der Waals surface area (Å²) in [7, 11) is 3.25. The van der Waals surface area contributed by atoms with Gasteiger partial charge in [-0.05, 0) is 49.2 Å². The smallest absolute Gasteiger partial charge is 0.260 e. The molecule has 1 heterocycles. The quantitative estimate of drug-likeness (QED) is 0.618. The Morgan fingerprint density at radius 1 is 1.00 bits per heavy atom. The predicted molar refractivity (Wildman–Crippen MR) is 116 cm³/mol. The summed E-state index contributed by atoms with van der Waals surface area (Å²) in [5.41, 5.74) is 3.13. The number of amides is 1. The van der Waals surface area contributed by atoms with E-state index in [4.69, 9.17) is 14.2 Å². The fourth-order valence-electron chi connectivity index (χ4n) is 3.88. The molecule has 32 heavy (non-hydrogen) atoms. The highest BCUT2D eigenvalue weighted by atomic mass is 16.5. The van der Waals surface area contributed by atoms with Crippen molar-refractivity contribution in [2.45, 2.75) is 20.4 Å². The number of carbonyl (C=O) groups excluding carboxylic acids is 2. The number of ether oxygens (including phenoxy) is 3. The summed E-state index contributed by atoms with van der Waals surface area (Å²) in [5.74, 6) is 0.110. The maximum absolute atomic E-state index is 12.6. The molecule has 0 spiro atoms. The lowest BCUT2D eigenvalue weighted by molar-refractivity contribution is -0.917. The van der Waals surface area contributed by atoms with Gasteiger partial charge in [0.05, 0.1) is 46.4 Å². The minimum Gasteiger partial charge on any atom is -0.545 e. The minimum atomic E-state index is -1.32. The molecule has 1 saturated heterocycles. The summed E-state index contributed by atoms with van der Waals surface area (Å²) >= 11 is 0. The van der Waals surface area contributed by atoms with Crippen LogP contribution in [0.2, 0.25) is 0 Å². The van der Waals surface area contributed by atoms with E-state index in [-0.39, 0.29) is 23.8 Å². The lowest BCUT2D eigenvalue weighted by Crippen LogP contribution is -3.13. The van der Waals surface area contributed by atoms with Crippen LogP contribution in [0.15, 0.2) is 30.3 Å². The van der Waals surface area contributed by atoms with Gasteiger partial charge in [-0.25, -0.2) is 0 Å². The highest BCUT2D eigenvalue weighted by molar-refractivity contribution is 5.89. The van der Waals surface area contributed by atoms with Crippen LogP contribution in [-0.4, -0.2) is 63.8 Å². The van der Waals surface area contributed by atoms with E-state index in [1.807, 2.05) is 19.1 Å². The zero-order valence-corrected chi connectivity index (χ0v) is 19.0. The van der Waals surface area contributed by atoms with E-state index in [1.165, 1.54) is 16.5 Å². The number of hydrogen-bond acceptors (Lipinski definition) is 6. The first kappa shape index (κ1) is 23.4. The standard InChI is InChI=1S/C24H30N2O6/c1-16-5-6-19(24(28)29)20(11-16)32-15-23(27)26-9-7-25(8-10-26)14-18-13-22(31-4)21(30-3)12-17(18)2/h5-6,11-13H,7-10,14-15H2,1-4H3,(H,28,29). The van der Waals surface area contributed by atoms with Crippen LogP contribution in [0.5, 0.6) is 17.2 Å². The van der Waals surface area contributed by atoms with Gasteiger partial charge < -0.3 is 33.9 Å². The number of piperazine rings is 1. The van der Waals surface area contributed by atoms with Gasteiger partial charge in [0.1, 0.15) is 12.3 Å². The lowest BCUT2D eigenvalue weighted by Gasteiger charge is -2.32. The Labute approximate surface area is 188 Å². The molecule has 1 N–H and O–H groups in total. The predicted octanol–water partition coefficient (Wildman–Crippen LogP) is -0.00976. The molecular weight excluding hydrogens is 412 g/mol. The van der Waals surface area contributed by atoms with Gasteiger partial charge in [-0.2, -0.15) is 0 Å². The number of aromatic carboxylic acids is 1. The van der Waals surface area contributed by atoms with Gasteiger partial charge in [0.25, 0.3) is 5.91 Å². The van der Waals surface area contributed by atoms with Crippen molar-refractivity contribution in [3.8, 4) is 17.2 Å². The molecule has 0 unspecified atom stereocenters. The zero-order chi connectivity index (χ0) is 23.3. The van der Waals surface area contributed by atoms with Gasteiger partial charge in [-0.3, -0.25) is 4.79 Å². The maximum atomic E-state index is 12.6. The Bertz CT molecular complexity index is 983. The summed E-state index contributed by atoms with van der Waals surface area (Å²) in [6.07, 6.45) is 0. The van der Waals surface area contributed by atoms with Crippen molar-refractivity contribution in [3.05, 3.63) is 52.6 Å². The summed E-state index contributed by atoms with van der Waals surface area (Å²) in [4.78, 5) is 27.0. The van der Waals surface area contributed by atoms with Gasteiger partial charge in [-0.15, -0.1) is 0 Å². The zero-order valence-electron chi connectivity index (χ0n) is 19.0.